The Kier molecular flexibility index (Phi) is 6.62. The molecular formula is C18H30N2O2S. The molecule has 1 aliphatic carbocycles. The number of ketones is 1. The quantitative estimate of drug-likeness (QED) is 0.775. The van der Waals surface area contributed by atoms with Crippen molar-refractivity contribution in [3.05, 3.63) is 16.5 Å². The summed E-state index contributed by atoms with van der Waals surface area (Å²) in [5, 5.41) is 12.2. The summed E-state index contributed by atoms with van der Waals surface area (Å²) >= 11 is 1.64. The number of anilines is 1. The monoisotopic (exact) mass is 338 g/mol. The van der Waals surface area contributed by atoms with E-state index in [-0.39, 0.29) is 5.78 Å². The first-order valence-corrected chi connectivity index (χ1v) is 9.60. The van der Waals surface area contributed by atoms with E-state index in [9.17, 15) is 4.79 Å². The number of aliphatic hydroxyl groups excluding tert-OH is 1. The van der Waals surface area contributed by atoms with Gasteiger partial charge < -0.3 is 14.9 Å². The molecule has 1 heterocycles. The highest BCUT2D eigenvalue weighted by Crippen LogP contribution is 2.36. The zero-order valence-corrected chi connectivity index (χ0v) is 15.7. The van der Waals surface area contributed by atoms with E-state index in [1.54, 1.807) is 11.3 Å². The van der Waals surface area contributed by atoms with E-state index in [1.165, 1.54) is 30.7 Å². The molecule has 1 aromatic heterocycles. The Morgan fingerprint density at radius 3 is 2.35 bits per heavy atom. The van der Waals surface area contributed by atoms with Crippen LogP contribution in [-0.4, -0.2) is 54.6 Å². The first kappa shape index (κ1) is 18.4. The van der Waals surface area contributed by atoms with Crippen LogP contribution in [0, 0.1) is 6.92 Å². The fourth-order valence-corrected chi connectivity index (χ4v) is 4.92. The Bertz CT molecular complexity index is 521. The second kappa shape index (κ2) is 8.27. The summed E-state index contributed by atoms with van der Waals surface area (Å²) in [7, 11) is 2.22. The first-order chi connectivity index (χ1) is 11.0. The van der Waals surface area contributed by atoms with Crippen molar-refractivity contribution < 1.29 is 9.90 Å². The van der Waals surface area contributed by atoms with Gasteiger partial charge in [-0.3, -0.25) is 4.79 Å². The predicted octanol–water partition coefficient (Wildman–Crippen LogP) is 3.32. The Balaban J connectivity index is 2.09. The van der Waals surface area contributed by atoms with Gasteiger partial charge in [0, 0.05) is 29.6 Å². The van der Waals surface area contributed by atoms with Crippen molar-refractivity contribution in [2.45, 2.75) is 58.5 Å². The summed E-state index contributed by atoms with van der Waals surface area (Å²) in [6, 6.07) is 1.28. The van der Waals surface area contributed by atoms with Gasteiger partial charge in [0.15, 0.2) is 5.78 Å². The molecule has 0 saturated heterocycles. The molecule has 1 saturated carbocycles. The van der Waals surface area contributed by atoms with Crippen LogP contribution in [0.1, 0.15) is 55.5 Å². The van der Waals surface area contributed by atoms with Gasteiger partial charge in [-0.15, -0.1) is 11.3 Å². The van der Waals surface area contributed by atoms with Crippen LogP contribution in [0.15, 0.2) is 5.38 Å². The molecule has 0 radical (unpaired) electrons. The predicted molar refractivity (Wildman–Crippen MR) is 97.8 cm³/mol. The summed E-state index contributed by atoms with van der Waals surface area (Å²) < 4.78 is 0. The lowest BCUT2D eigenvalue weighted by Crippen LogP contribution is -2.43. The lowest BCUT2D eigenvalue weighted by Gasteiger charge is -2.40. The van der Waals surface area contributed by atoms with Crippen molar-refractivity contribution in [2.75, 3.05) is 31.6 Å². The van der Waals surface area contributed by atoms with E-state index >= 15 is 0 Å². The van der Waals surface area contributed by atoms with Gasteiger partial charge in [-0.2, -0.15) is 0 Å². The van der Waals surface area contributed by atoms with E-state index in [2.05, 4.69) is 30.7 Å². The van der Waals surface area contributed by atoms with Crippen molar-refractivity contribution in [3.8, 4) is 0 Å². The summed E-state index contributed by atoms with van der Waals surface area (Å²) in [5.41, 5.74) is 1.72. The molecule has 0 aromatic carbocycles. The van der Waals surface area contributed by atoms with E-state index in [0.717, 1.165) is 18.7 Å². The van der Waals surface area contributed by atoms with Crippen LogP contribution in [0.2, 0.25) is 0 Å². The molecule has 1 fully saturated rings. The van der Waals surface area contributed by atoms with Crippen molar-refractivity contribution >= 4 is 22.1 Å². The average Bonchev–Trinajstić information content (AvgIpc) is 2.96. The smallest absolute Gasteiger partial charge is 0.189 e. The van der Waals surface area contributed by atoms with Crippen LogP contribution >= 0.6 is 11.3 Å². The van der Waals surface area contributed by atoms with E-state index in [4.69, 9.17) is 5.11 Å². The molecule has 4 nitrogen and oxygen atoms in total. The topological polar surface area (TPSA) is 43.8 Å². The summed E-state index contributed by atoms with van der Waals surface area (Å²) in [6.07, 6.45) is 4.92. The van der Waals surface area contributed by atoms with Crippen LogP contribution in [0.4, 0.5) is 5.00 Å². The van der Waals surface area contributed by atoms with Gasteiger partial charge in [0.25, 0.3) is 0 Å². The van der Waals surface area contributed by atoms with Crippen LogP contribution in [0.3, 0.4) is 0 Å². The summed E-state index contributed by atoms with van der Waals surface area (Å²) in [5.74, 6) is -0.172. The molecule has 23 heavy (non-hydrogen) atoms. The zero-order chi connectivity index (χ0) is 17.0. The maximum atomic E-state index is 11.8. The molecule has 0 unspecified atom stereocenters. The van der Waals surface area contributed by atoms with Crippen LogP contribution < -0.4 is 4.90 Å². The number of hydrogen-bond acceptors (Lipinski definition) is 5. The highest BCUT2D eigenvalue weighted by molar-refractivity contribution is 7.14. The molecule has 1 aromatic rings. The molecule has 0 bridgehead atoms. The zero-order valence-electron chi connectivity index (χ0n) is 14.8. The van der Waals surface area contributed by atoms with Crippen LogP contribution in [0.25, 0.3) is 0 Å². The maximum Gasteiger partial charge on any atom is 0.189 e. The molecular weight excluding hydrogens is 308 g/mol. The van der Waals surface area contributed by atoms with E-state index < -0.39 is 6.61 Å². The van der Waals surface area contributed by atoms with Crippen molar-refractivity contribution in [2.24, 2.45) is 0 Å². The van der Waals surface area contributed by atoms with Gasteiger partial charge in [0.2, 0.25) is 0 Å². The molecule has 2 rings (SSSR count). The normalized spacial score (nSPS) is 21.7. The number of nitrogens with zero attached hydrogens (tertiary/aromatic N) is 2. The second-order valence-electron chi connectivity index (χ2n) is 6.48. The third kappa shape index (κ3) is 3.95. The van der Waals surface area contributed by atoms with Crippen LogP contribution in [0.5, 0.6) is 0 Å². The molecule has 130 valence electrons. The minimum absolute atomic E-state index is 0.172. The highest BCUT2D eigenvalue weighted by Gasteiger charge is 2.29. The van der Waals surface area contributed by atoms with Crippen molar-refractivity contribution in [1.29, 1.82) is 0 Å². The number of Topliss-reactive ketones (excluding diaryl/α,β-unsaturated/α-hetero) is 1. The van der Waals surface area contributed by atoms with Gasteiger partial charge >= 0.3 is 0 Å². The second-order valence-corrected chi connectivity index (χ2v) is 7.34. The van der Waals surface area contributed by atoms with Crippen molar-refractivity contribution in [1.82, 2.24) is 4.90 Å². The van der Waals surface area contributed by atoms with E-state index in [0.29, 0.717) is 17.6 Å². The number of carbonyl (C=O) groups is 1. The Morgan fingerprint density at radius 2 is 1.83 bits per heavy atom. The largest absolute Gasteiger partial charge is 0.388 e. The Hall–Kier alpha value is -0.910. The molecule has 5 heteroatoms. The SMILES string of the molecule is CCN(C)C1CCC(N(CC)c2scc(C(=O)CO)c2C)CC1. The molecule has 0 spiro atoms. The maximum absolute atomic E-state index is 11.8. The molecule has 0 amide bonds. The molecule has 0 atom stereocenters. The molecule has 1 aliphatic rings. The van der Waals surface area contributed by atoms with Gasteiger partial charge in [-0.25, -0.2) is 0 Å². The first-order valence-electron chi connectivity index (χ1n) is 8.72. The van der Waals surface area contributed by atoms with Crippen molar-refractivity contribution in [3.63, 3.8) is 0 Å². The molecule has 0 aliphatic heterocycles. The Labute approximate surface area is 144 Å². The fraction of sp³-hybridized carbons (Fsp3) is 0.722. The van der Waals surface area contributed by atoms with E-state index in [1.807, 2.05) is 12.3 Å². The number of rotatable bonds is 7. The third-order valence-electron chi connectivity index (χ3n) is 5.29. The van der Waals surface area contributed by atoms with Gasteiger partial charge in [-0.05, 0) is 58.7 Å². The highest BCUT2D eigenvalue weighted by atomic mass is 32.1. The number of carbonyl (C=O) groups excluding carboxylic acids is 1. The fourth-order valence-electron chi connectivity index (χ4n) is 3.69. The lowest BCUT2D eigenvalue weighted by molar-refractivity contribution is 0.0903. The van der Waals surface area contributed by atoms with Crippen LogP contribution in [-0.2, 0) is 0 Å². The number of hydrogen-bond donors (Lipinski definition) is 1. The lowest BCUT2D eigenvalue weighted by atomic mass is 9.89. The standard InChI is InChI=1S/C18H30N2O2S/c1-5-19(4)14-7-9-15(10-8-14)20(6-2)18-13(3)16(12-23-18)17(22)11-21/h12,14-15,21H,5-11H2,1-4H3. The summed E-state index contributed by atoms with van der Waals surface area (Å²) in [4.78, 5) is 16.7. The third-order valence-corrected chi connectivity index (χ3v) is 6.41. The number of thiophene rings is 1. The summed E-state index contributed by atoms with van der Waals surface area (Å²) in [6.45, 7) is 8.10. The van der Waals surface area contributed by atoms with Gasteiger partial charge in [0.1, 0.15) is 6.61 Å². The average molecular weight is 339 g/mol. The number of aliphatic hydroxyl groups is 1. The Morgan fingerprint density at radius 1 is 1.22 bits per heavy atom. The van der Waals surface area contributed by atoms with Gasteiger partial charge in [0.05, 0.1) is 5.00 Å². The minimum Gasteiger partial charge on any atom is -0.388 e. The molecule has 1 N–H and O–H groups in total. The minimum atomic E-state index is -0.405. The van der Waals surface area contributed by atoms with Gasteiger partial charge in [-0.1, -0.05) is 6.92 Å².